The van der Waals surface area contributed by atoms with Crippen molar-refractivity contribution in [2.75, 3.05) is 0 Å². The van der Waals surface area contributed by atoms with Gasteiger partial charge in [0.2, 0.25) is 0 Å². The molecule has 7 nitrogen and oxygen atoms in total. The van der Waals surface area contributed by atoms with Crippen molar-refractivity contribution in [1.82, 2.24) is 23.7 Å². The predicted octanol–water partition coefficient (Wildman–Crippen LogP) is 17.2. The average Bonchev–Trinajstić information content (AvgIpc) is 3.99. The lowest BCUT2D eigenvalue weighted by molar-refractivity contribution is 0.445. The number of aromatic nitrogens is 5. The van der Waals surface area contributed by atoms with Gasteiger partial charge in [-0.1, -0.05) is 189 Å². The second-order valence-electron chi connectivity index (χ2n) is 25.2. The number of phenolic OH excluding ortho intramolecular Hbond substituents is 2. The average molecular weight is 966 g/mol. The number of nitrogens with zero attached hydrogens (tertiary/aromatic N) is 5. The number of aromatic hydroxyl groups is 2. The number of para-hydroxylation sites is 2. The summed E-state index contributed by atoms with van der Waals surface area (Å²) in [5.41, 5.74) is 14.2. The maximum atomic E-state index is 12.8. The van der Waals surface area contributed by atoms with Gasteiger partial charge in [0.15, 0.2) is 11.5 Å². The van der Waals surface area contributed by atoms with Crippen molar-refractivity contribution >= 4 is 33.1 Å². The van der Waals surface area contributed by atoms with Gasteiger partial charge in [0.1, 0.15) is 28.4 Å². The molecule has 7 aromatic carbocycles. The molecule has 372 valence electrons. The molecule has 0 radical (unpaired) electrons. The van der Waals surface area contributed by atoms with E-state index < -0.39 is 0 Å². The predicted molar refractivity (Wildman–Crippen MR) is 306 cm³/mol. The molecule has 0 aliphatic carbocycles. The summed E-state index contributed by atoms with van der Waals surface area (Å²) in [5.74, 6) is 1.69. The molecule has 7 heteroatoms. The molecule has 0 bridgehead atoms. The zero-order chi connectivity index (χ0) is 52.3. The second kappa shape index (κ2) is 17.1. The quantitative estimate of drug-likeness (QED) is 0.174. The van der Waals surface area contributed by atoms with Crippen LogP contribution in [0.4, 0.5) is 0 Å². The van der Waals surface area contributed by atoms with Crippen LogP contribution in [0.2, 0.25) is 0 Å². The molecule has 0 saturated carbocycles. The molecule has 0 fully saturated rings. The maximum Gasteiger partial charge on any atom is 0.151 e. The highest BCUT2D eigenvalue weighted by atomic mass is 16.3. The van der Waals surface area contributed by atoms with Crippen molar-refractivity contribution in [2.24, 2.45) is 0 Å². The first-order chi connectivity index (χ1) is 34.2. The first kappa shape index (κ1) is 49.2. The van der Waals surface area contributed by atoms with Crippen molar-refractivity contribution < 1.29 is 10.2 Å². The zero-order valence-corrected chi connectivity index (χ0v) is 45.5. The summed E-state index contributed by atoms with van der Waals surface area (Å²) in [7, 11) is 0. The fourth-order valence-electron chi connectivity index (χ4n) is 10.4. The number of benzene rings is 7. The Bertz CT molecular complexity index is 3740. The van der Waals surface area contributed by atoms with E-state index in [1.165, 1.54) is 5.56 Å². The summed E-state index contributed by atoms with van der Waals surface area (Å²) in [4.78, 5) is 11.6. The van der Waals surface area contributed by atoms with Crippen LogP contribution in [0.3, 0.4) is 0 Å². The Hall–Kier alpha value is -7.38. The van der Waals surface area contributed by atoms with E-state index in [0.717, 1.165) is 83.5 Å². The van der Waals surface area contributed by atoms with Crippen molar-refractivity contribution in [2.45, 2.75) is 131 Å². The first-order valence-electron chi connectivity index (χ1n) is 25.8. The Morgan fingerprint density at radius 1 is 0.370 bits per heavy atom. The van der Waals surface area contributed by atoms with Gasteiger partial charge in [0.25, 0.3) is 0 Å². The third-order valence-corrected chi connectivity index (χ3v) is 14.6. The largest absolute Gasteiger partial charge is 0.507 e. The number of rotatable bonds is 6. The Balaban J connectivity index is 1.44. The van der Waals surface area contributed by atoms with Crippen LogP contribution < -0.4 is 0 Å². The molecule has 0 saturated heterocycles. The molecular formula is C66H71N5O2. The minimum Gasteiger partial charge on any atom is -0.507 e. The fraction of sp³-hybridized carbons (Fsp3) is 0.303. The van der Waals surface area contributed by atoms with Gasteiger partial charge in [0, 0.05) is 28.1 Å². The highest BCUT2D eigenvalue weighted by Gasteiger charge is 2.34. The highest BCUT2D eigenvalue weighted by Crippen LogP contribution is 2.49. The Kier molecular flexibility index (Phi) is 11.5. The third-order valence-electron chi connectivity index (χ3n) is 14.6. The Morgan fingerprint density at radius 2 is 0.795 bits per heavy atom. The van der Waals surface area contributed by atoms with Crippen molar-refractivity contribution in [3.8, 4) is 62.5 Å². The molecule has 0 amide bonds. The summed E-state index contributed by atoms with van der Waals surface area (Å²) in [6.45, 7) is 33.0. The Labute approximate surface area is 431 Å². The number of phenols is 2. The molecule has 10 aromatic rings. The van der Waals surface area contributed by atoms with Gasteiger partial charge in [-0.05, 0) is 110 Å². The molecular weight excluding hydrogens is 895 g/mol. The lowest BCUT2D eigenvalue weighted by Crippen LogP contribution is -2.17. The monoisotopic (exact) mass is 966 g/mol. The molecule has 10 rings (SSSR count). The molecule has 0 aliphatic rings. The van der Waals surface area contributed by atoms with E-state index in [4.69, 9.17) is 9.97 Å². The lowest BCUT2D eigenvalue weighted by Gasteiger charge is -2.28. The molecule has 0 atom stereocenters. The zero-order valence-electron chi connectivity index (χ0n) is 45.5. The van der Waals surface area contributed by atoms with Gasteiger partial charge >= 0.3 is 0 Å². The number of fused-ring (bicyclic) bond motifs is 5. The van der Waals surface area contributed by atoms with Gasteiger partial charge in [0.05, 0.1) is 33.2 Å². The molecule has 3 heterocycles. The van der Waals surface area contributed by atoms with Gasteiger partial charge in [-0.3, -0.25) is 13.7 Å². The highest BCUT2D eigenvalue weighted by molar-refractivity contribution is 6.19. The number of hydrogen-bond donors (Lipinski definition) is 2. The molecule has 0 aliphatic heterocycles. The standard InChI is InChI=1S/C66H71N5O2/c1-62(2,3)41-31-32-51(46(35-41)40-25-19-16-20-26-40)71-53-34-33-52-54(55(53)67-60(71)48-37-43(64(7,8)9)39-50(58(48)73)66(13,14)15)56-61(69(52)44-27-21-17-22-28-44)70(45-29-23-18-24-30-45)59(68-56)47-36-42(63(4,5)6)38-49(57(47)72)65(10,11)12/h16-39,72-73H,1-15H3. The summed E-state index contributed by atoms with van der Waals surface area (Å²) in [6, 6.07) is 51.2. The van der Waals surface area contributed by atoms with Gasteiger partial charge in [-0.15, -0.1) is 0 Å². The van der Waals surface area contributed by atoms with E-state index in [-0.39, 0.29) is 38.6 Å². The maximum absolute atomic E-state index is 12.8. The lowest BCUT2D eigenvalue weighted by atomic mass is 9.79. The number of hydrogen-bond acceptors (Lipinski definition) is 4. The first-order valence-corrected chi connectivity index (χ1v) is 25.8. The van der Waals surface area contributed by atoms with Crippen LogP contribution in [0.1, 0.15) is 132 Å². The van der Waals surface area contributed by atoms with Crippen LogP contribution in [0.25, 0.3) is 84.1 Å². The van der Waals surface area contributed by atoms with Crippen molar-refractivity contribution in [3.05, 3.63) is 173 Å². The van der Waals surface area contributed by atoms with E-state index in [2.05, 4.69) is 251 Å². The second-order valence-corrected chi connectivity index (χ2v) is 25.2. The molecule has 0 unspecified atom stereocenters. The normalized spacial score (nSPS) is 13.0. The fourth-order valence-corrected chi connectivity index (χ4v) is 10.4. The van der Waals surface area contributed by atoms with Crippen molar-refractivity contribution in [1.29, 1.82) is 0 Å². The summed E-state index contributed by atoms with van der Waals surface area (Å²) in [6.07, 6.45) is 0. The van der Waals surface area contributed by atoms with Crippen molar-refractivity contribution in [3.63, 3.8) is 0 Å². The van der Waals surface area contributed by atoms with Crippen LogP contribution in [-0.4, -0.2) is 33.9 Å². The van der Waals surface area contributed by atoms with E-state index in [1.807, 2.05) is 12.1 Å². The summed E-state index contributed by atoms with van der Waals surface area (Å²) in [5, 5.41) is 26.3. The SMILES string of the molecule is CC(C)(C)c1ccc(-n2c(-c3cc(C(C)(C)C)cc(C(C)(C)C)c3O)nc3c4c5nc(-c6cc(C(C)(C)C)cc(C(C)(C)C)c6O)n(-c6ccccc6)c5n(-c5ccccc5)c4ccc32)c(-c2ccccc2)c1. The molecule has 3 aromatic heterocycles. The topological polar surface area (TPSA) is 81.0 Å². The van der Waals surface area contributed by atoms with Crippen LogP contribution in [0, 0.1) is 0 Å². The van der Waals surface area contributed by atoms with Crippen LogP contribution in [0.5, 0.6) is 11.5 Å². The van der Waals surface area contributed by atoms with E-state index in [9.17, 15) is 10.2 Å². The van der Waals surface area contributed by atoms with E-state index in [0.29, 0.717) is 22.8 Å². The molecule has 0 spiro atoms. The summed E-state index contributed by atoms with van der Waals surface area (Å²) < 4.78 is 6.78. The van der Waals surface area contributed by atoms with Gasteiger partial charge in [-0.2, -0.15) is 0 Å². The van der Waals surface area contributed by atoms with Crippen LogP contribution >= 0.6 is 0 Å². The van der Waals surface area contributed by atoms with Crippen LogP contribution in [-0.2, 0) is 27.1 Å². The van der Waals surface area contributed by atoms with E-state index >= 15 is 0 Å². The Morgan fingerprint density at radius 3 is 1.27 bits per heavy atom. The van der Waals surface area contributed by atoms with E-state index in [1.54, 1.807) is 0 Å². The minimum atomic E-state index is -0.379. The van der Waals surface area contributed by atoms with Crippen LogP contribution in [0.15, 0.2) is 146 Å². The summed E-state index contributed by atoms with van der Waals surface area (Å²) >= 11 is 0. The molecule has 73 heavy (non-hydrogen) atoms. The van der Waals surface area contributed by atoms with Gasteiger partial charge in [-0.25, -0.2) is 9.97 Å². The number of imidazole rings is 2. The molecule has 2 N–H and O–H groups in total. The third kappa shape index (κ3) is 8.50. The van der Waals surface area contributed by atoms with Gasteiger partial charge < -0.3 is 10.2 Å². The smallest absolute Gasteiger partial charge is 0.151 e. The minimum absolute atomic E-state index is 0.120.